The molecule has 0 bridgehead atoms. The van der Waals surface area contributed by atoms with Gasteiger partial charge in [-0.2, -0.15) is 0 Å². The van der Waals surface area contributed by atoms with E-state index in [9.17, 15) is 0 Å². The summed E-state index contributed by atoms with van der Waals surface area (Å²) in [6.45, 7) is 9.11. The molecule has 1 aromatic rings. The topological polar surface area (TPSA) is 12.9 Å². The standard InChI is InChI=1S/C20H31N/c1-5-7-14(3)19-11-17(10-15(4)21-19)16(6-2)8-9-20-12-18(20)13-20/h10-11,14,16,18H,5-9,12-13H2,1-4H3. The van der Waals surface area contributed by atoms with E-state index in [1.807, 2.05) is 0 Å². The summed E-state index contributed by atoms with van der Waals surface area (Å²) in [6.07, 6.45) is 9.70. The molecule has 2 fully saturated rings. The second kappa shape index (κ2) is 5.74. The number of nitrogens with zero attached hydrogens (tertiary/aromatic N) is 1. The maximum Gasteiger partial charge on any atom is 0.0437 e. The zero-order chi connectivity index (χ0) is 15.0. The quantitative estimate of drug-likeness (QED) is 0.572. The smallest absolute Gasteiger partial charge is 0.0437 e. The number of aromatic nitrogens is 1. The fourth-order valence-corrected chi connectivity index (χ4v) is 4.07. The van der Waals surface area contributed by atoms with Crippen LogP contribution in [-0.2, 0) is 0 Å². The van der Waals surface area contributed by atoms with Crippen LogP contribution in [0.15, 0.2) is 12.1 Å². The summed E-state index contributed by atoms with van der Waals surface area (Å²) in [5.74, 6) is 2.48. The van der Waals surface area contributed by atoms with E-state index in [1.165, 1.54) is 56.3 Å². The van der Waals surface area contributed by atoms with Gasteiger partial charge in [-0.3, -0.25) is 4.98 Å². The first-order chi connectivity index (χ1) is 10.1. The van der Waals surface area contributed by atoms with Crippen molar-refractivity contribution in [3.8, 4) is 0 Å². The third kappa shape index (κ3) is 3.17. The molecule has 0 aliphatic heterocycles. The van der Waals surface area contributed by atoms with Crippen molar-refractivity contribution in [2.75, 3.05) is 0 Å². The molecule has 1 heteroatoms. The van der Waals surface area contributed by atoms with Crippen molar-refractivity contribution in [2.45, 2.75) is 84.5 Å². The Morgan fingerprint density at radius 1 is 1.24 bits per heavy atom. The molecule has 3 rings (SSSR count). The van der Waals surface area contributed by atoms with E-state index in [2.05, 4.69) is 39.8 Å². The summed E-state index contributed by atoms with van der Waals surface area (Å²) >= 11 is 0. The minimum absolute atomic E-state index is 0.598. The predicted octanol–water partition coefficient (Wildman–Crippen LogP) is 5.98. The maximum absolute atomic E-state index is 4.80. The summed E-state index contributed by atoms with van der Waals surface area (Å²) in [5.41, 5.74) is 4.92. The molecule has 0 spiro atoms. The molecule has 2 aliphatic carbocycles. The van der Waals surface area contributed by atoms with Gasteiger partial charge in [0.2, 0.25) is 0 Å². The van der Waals surface area contributed by atoms with E-state index < -0.39 is 0 Å². The first kappa shape index (κ1) is 15.1. The van der Waals surface area contributed by atoms with Gasteiger partial charge in [-0.05, 0) is 86.3 Å². The molecule has 0 amide bonds. The molecule has 2 aliphatic rings. The molecule has 1 heterocycles. The second-order valence-electron chi connectivity index (χ2n) is 7.77. The number of rotatable bonds is 8. The van der Waals surface area contributed by atoms with Crippen molar-refractivity contribution < 1.29 is 0 Å². The van der Waals surface area contributed by atoms with Crippen LogP contribution in [0, 0.1) is 18.3 Å². The highest BCUT2D eigenvalue weighted by Gasteiger charge is 2.68. The first-order valence-corrected chi connectivity index (χ1v) is 9.06. The Morgan fingerprint density at radius 2 is 1.95 bits per heavy atom. The van der Waals surface area contributed by atoms with Gasteiger partial charge >= 0.3 is 0 Å². The van der Waals surface area contributed by atoms with Crippen molar-refractivity contribution in [1.29, 1.82) is 0 Å². The normalized spacial score (nSPS) is 28.9. The average Bonchev–Trinajstić information content (AvgIpc) is 3.29. The van der Waals surface area contributed by atoms with Gasteiger partial charge in [-0.25, -0.2) is 0 Å². The lowest BCUT2D eigenvalue weighted by molar-refractivity contribution is 0.490. The largest absolute Gasteiger partial charge is 0.258 e. The number of fused-ring (bicyclic) bond motifs is 1. The molecular formula is C20H31N. The highest BCUT2D eigenvalue weighted by atomic mass is 14.7. The first-order valence-electron chi connectivity index (χ1n) is 9.06. The summed E-state index contributed by atoms with van der Waals surface area (Å²) in [6, 6.07) is 4.75. The van der Waals surface area contributed by atoms with E-state index in [-0.39, 0.29) is 0 Å². The van der Waals surface area contributed by atoms with E-state index in [1.54, 1.807) is 5.56 Å². The lowest BCUT2D eigenvalue weighted by Gasteiger charge is -2.19. The SMILES string of the molecule is CCCC(C)c1cc(C(CC)CCC23CC2C3)cc(C)n1. The monoisotopic (exact) mass is 285 g/mol. The minimum Gasteiger partial charge on any atom is -0.258 e. The molecule has 0 saturated heterocycles. The minimum atomic E-state index is 0.598. The van der Waals surface area contributed by atoms with Gasteiger partial charge in [0, 0.05) is 11.4 Å². The highest BCUT2D eigenvalue weighted by Crippen LogP contribution is 2.77. The summed E-state index contributed by atoms with van der Waals surface area (Å²) in [5, 5.41) is 0. The Bertz CT molecular complexity index is 499. The van der Waals surface area contributed by atoms with Gasteiger partial charge in [-0.15, -0.1) is 0 Å². The number of aryl methyl sites for hydroxylation is 1. The molecule has 0 N–H and O–H groups in total. The lowest BCUT2D eigenvalue weighted by atomic mass is 9.88. The highest BCUT2D eigenvalue weighted by molar-refractivity contribution is 5.27. The van der Waals surface area contributed by atoms with E-state index in [0.29, 0.717) is 5.92 Å². The van der Waals surface area contributed by atoms with Gasteiger partial charge < -0.3 is 0 Å². The Labute approximate surface area is 130 Å². The van der Waals surface area contributed by atoms with Crippen LogP contribution >= 0.6 is 0 Å². The van der Waals surface area contributed by atoms with Crippen LogP contribution in [0.25, 0.3) is 0 Å². The summed E-state index contributed by atoms with van der Waals surface area (Å²) < 4.78 is 0. The van der Waals surface area contributed by atoms with Crippen LogP contribution in [-0.4, -0.2) is 4.98 Å². The zero-order valence-corrected chi connectivity index (χ0v) is 14.3. The van der Waals surface area contributed by atoms with Crippen molar-refractivity contribution >= 4 is 0 Å². The van der Waals surface area contributed by atoms with Crippen molar-refractivity contribution in [3.05, 3.63) is 29.1 Å². The van der Waals surface area contributed by atoms with Crippen LogP contribution in [0.5, 0.6) is 0 Å². The van der Waals surface area contributed by atoms with Crippen LogP contribution < -0.4 is 0 Å². The van der Waals surface area contributed by atoms with Gasteiger partial charge in [-0.1, -0.05) is 27.2 Å². The summed E-state index contributed by atoms with van der Waals surface area (Å²) in [4.78, 5) is 4.80. The van der Waals surface area contributed by atoms with Crippen LogP contribution in [0.4, 0.5) is 0 Å². The van der Waals surface area contributed by atoms with Crippen molar-refractivity contribution in [2.24, 2.45) is 11.3 Å². The van der Waals surface area contributed by atoms with Gasteiger partial charge in [0.1, 0.15) is 0 Å². The second-order valence-corrected chi connectivity index (χ2v) is 7.77. The lowest BCUT2D eigenvalue weighted by Crippen LogP contribution is -2.05. The fourth-order valence-electron chi connectivity index (χ4n) is 4.07. The molecule has 1 nitrogen and oxygen atoms in total. The molecule has 2 atom stereocenters. The molecular weight excluding hydrogens is 254 g/mol. The fraction of sp³-hybridized carbons (Fsp3) is 0.750. The Balaban J connectivity index is 1.71. The van der Waals surface area contributed by atoms with Crippen LogP contribution in [0.1, 0.15) is 94.5 Å². The van der Waals surface area contributed by atoms with Gasteiger partial charge in [0.05, 0.1) is 0 Å². The Hall–Kier alpha value is -0.850. The number of pyridine rings is 1. The van der Waals surface area contributed by atoms with Crippen LogP contribution in [0.2, 0.25) is 0 Å². The number of hydrogen-bond donors (Lipinski definition) is 0. The number of hydrogen-bond acceptors (Lipinski definition) is 1. The van der Waals surface area contributed by atoms with E-state index >= 15 is 0 Å². The Kier molecular flexibility index (Phi) is 4.12. The average molecular weight is 285 g/mol. The third-order valence-corrected chi connectivity index (χ3v) is 6.03. The molecule has 21 heavy (non-hydrogen) atoms. The van der Waals surface area contributed by atoms with Gasteiger partial charge in [0.25, 0.3) is 0 Å². The molecule has 116 valence electrons. The molecule has 0 aromatic carbocycles. The van der Waals surface area contributed by atoms with E-state index in [0.717, 1.165) is 17.3 Å². The van der Waals surface area contributed by atoms with Crippen molar-refractivity contribution in [1.82, 2.24) is 4.98 Å². The molecule has 2 unspecified atom stereocenters. The van der Waals surface area contributed by atoms with Crippen molar-refractivity contribution in [3.63, 3.8) is 0 Å². The van der Waals surface area contributed by atoms with Gasteiger partial charge in [0.15, 0.2) is 0 Å². The molecule has 0 radical (unpaired) electrons. The third-order valence-electron chi connectivity index (χ3n) is 6.03. The summed E-state index contributed by atoms with van der Waals surface area (Å²) in [7, 11) is 0. The zero-order valence-electron chi connectivity index (χ0n) is 14.3. The van der Waals surface area contributed by atoms with E-state index in [4.69, 9.17) is 4.98 Å². The maximum atomic E-state index is 4.80. The van der Waals surface area contributed by atoms with Crippen LogP contribution in [0.3, 0.4) is 0 Å². The molecule has 2 saturated carbocycles. The molecule has 1 aromatic heterocycles. The Morgan fingerprint density at radius 3 is 2.52 bits per heavy atom. The predicted molar refractivity (Wildman–Crippen MR) is 89.7 cm³/mol.